The molecule has 13 rings (SSSR count). The number of imidazole rings is 4. The fraction of sp³-hybridized carbons (Fsp3) is 0.487. The Labute approximate surface area is 695 Å². The Morgan fingerprint density at radius 3 is 0.869 bits per heavy atom. The van der Waals surface area contributed by atoms with Gasteiger partial charge in [-0.2, -0.15) is 0 Å². The molecule has 29 heteroatoms. The Bertz CT molecular complexity index is 4140. The number of hydrogen-bond acceptors (Lipinski definition) is 14. The first-order chi connectivity index (χ1) is 49.8. The van der Waals surface area contributed by atoms with Crippen molar-refractivity contribution in [1.29, 1.82) is 0 Å². The molecule has 0 aliphatic carbocycles. The molecule has 571 valence electrons. The fourth-order valence-electron chi connectivity index (χ4n) is 13.1. The number of nitrogens with one attached hydrogen (secondary N) is 4. The van der Waals surface area contributed by atoms with E-state index in [0.717, 1.165) is 141 Å². The molecule has 4 atom stereocenters. The summed E-state index contributed by atoms with van der Waals surface area (Å²) in [6, 6.07) is 32.6. The van der Waals surface area contributed by atoms with Crippen molar-refractivity contribution in [2.75, 3.05) is 26.2 Å². The number of likely N-dealkylation sites (tertiary alicyclic amines) is 4. The third kappa shape index (κ3) is 23.3. The van der Waals surface area contributed by atoms with E-state index >= 15 is 0 Å². The molecule has 4 aromatic heterocycles. The van der Waals surface area contributed by atoms with Crippen molar-refractivity contribution in [3.8, 4) is 56.2 Å². The Kier molecular flexibility index (Phi) is 29.0. The summed E-state index contributed by atoms with van der Waals surface area (Å²) in [4.78, 5) is 89.4. The third-order valence-electron chi connectivity index (χ3n) is 18.8. The number of amides is 4. The van der Waals surface area contributed by atoms with Crippen molar-refractivity contribution in [3.05, 3.63) is 150 Å². The maximum Gasteiger partial charge on any atom is 0 e. The molecule has 5 aliphatic rings. The van der Waals surface area contributed by atoms with Crippen molar-refractivity contribution in [2.24, 2.45) is 0 Å². The number of benzene rings is 4. The summed E-state index contributed by atoms with van der Waals surface area (Å²) in [5, 5.41) is 0. The number of aromatic amines is 4. The van der Waals surface area contributed by atoms with Gasteiger partial charge in [0.25, 0.3) is 0 Å². The molecule has 4 N–H and O–H groups in total. The topological polar surface area (TPSA) is 251 Å². The van der Waals surface area contributed by atoms with E-state index in [9.17, 15) is 19.2 Å². The summed E-state index contributed by atoms with van der Waals surface area (Å²) >= 11 is 10.8. The van der Waals surface area contributed by atoms with E-state index in [1.54, 1.807) is 19.6 Å². The van der Waals surface area contributed by atoms with E-state index in [1.165, 1.54) is 0 Å². The van der Waals surface area contributed by atoms with E-state index in [-0.39, 0.29) is 97.6 Å². The fourth-order valence-corrected chi connectivity index (χ4v) is 13.3. The van der Waals surface area contributed by atoms with Crippen molar-refractivity contribution in [2.45, 2.75) is 220 Å². The molecule has 4 amide bonds. The molecule has 0 saturated carbocycles. The van der Waals surface area contributed by atoms with E-state index in [4.69, 9.17) is 28.3 Å². The predicted molar refractivity (Wildman–Crippen MR) is 446 cm³/mol. The monoisotopic (exact) mass is 2000 g/mol. The van der Waals surface area contributed by atoms with Crippen LogP contribution in [0.15, 0.2) is 126 Å². The Hall–Kier alpha value is -5.09. The normalized spacial score (nSPS) is 19.1. The van der Waals surface area contributed by atoms with Crippen LogP contribution in [-0.2, 0) is 33.2 Å². The number of aromatic nitrogens is 8. The molecule has 22 nitrogen and oxygen atoms in total. The van der Waals surface area contributed by atoms with Crippen LogP contribution in [0.3, 0.4) is 0 Å². The molecule has 9 heterocycles. The summed E-state index contributed by atoms with van der Waals surface area (Å²) in [5.74, 6) is 3.17. The Morgan fingerprint density at radius 1 is 0.421 bits per heavy atom. The zero-order valence-corrected chi connectivity index (χ0v) is 76.9. The molecule has 5 aliphatic heterocycles. The van der Waals surface area contributed by atoms with E-state index in [2.05, 4.69) is 192 Å². The number of carbonyl (C=O) groups excluding carboxylic acids is 4. The minimum absolute atomic E-state index is 0. The molecule has 8 aromatic rings. The second-order valence-electron chi connectivity index (χ2n) is 32.1. The average molecular weight is 2000 g/mol. The SMILES string of the molecule is CC(C)(C)OC(=O)N1CCC[C@H]1c1ncc(-c2ccc(-c3ccc(-c4cnc([C@@H]5CCCN5C(=O)OC(C)(C)C)[nH]4)cc3)cc2)[nH]1.CC(C)(C)OC(=O)N1CCC[C@H]1c1ncc(-c2ccc(B3OC(C)(C)C(C)(C)O3)cc2)[nH]1.CC(C)(C)OC(=O)N1CCC[C@H]1c1ncc(-c2ccc(Br)cc2)[nH]1.[I][V]([I])[I].[In]. The molecular formula is C78H100BBrI3InN12O10V. The van der Waals surface area contributed by atoms with Gasteiger partial charge in [0.1, 0.15) is 45.7 Å². The van der Waals surface area contributed by atoms with Gasteiger partial charge in [0, 0.05) is 56.5 Å². The minimum atomic E-state index is -0.536. The van der Waals surface area contributed by atoms with Crippen LogP contribution in [0, 0.1) is 0 Å². The van der Waals surface area contributed by atoms with Gasteiger partial charge >= 0.3 is 96.3 Å². The number of nitrogens with zero attached hydrogens (tertiary/aromatic N) is 8. The van der Waals surface area contributed by atoms with Gasteiger partial charge in [-0.1, -0.05) is 101 Å². The molecule has 0 bridgehead atoms. The zero-order valence-electron chi connectivity index (χ0n) is 64.1. The van der Waals surface area contributed by atoms with Gasteiger partial charge in [0.2, 0.25) is 0 Å². The van der Waals surface area contributed by atoms with E-state index in [1.807, 2.05) is 156 Å². The molecule has 4 aromatic carbocycles. The molecule has 3 radical (unpaired) electrons. The van der Waals surface area contributed by atoms with Crippen LogP contribution in [0.2, 0.25) is 0 Å². The summed E-state index contributed by atoms with van der Waals surface area (Å²) in [7, 11) is -0.382. The molecular weight excluding hydrogens is 1900 g/mol. The Balaban J connectivity index is 0.000000189. The predicted octanol–water partition coefficient (Wildman–Crippen LogP) is 19.9. The van der Waals surface area contributed by atoms with Crippen molar-refractivity contribution >= 4 is 139 Å². The van der Waals surface area contributed by atoms with Crippen LogP contribution < -0.4 is 5.46 Å². The average Bonchev–Trinajstić information content (AvgIpc) is 1.62. The number of halogens is 4. The molecule has 107 heavy (non-hydrogen) atoms. The summed E-state index contributed by atoms with van der Waals surface area (Å²) in [6.07, 6.45) is 13.4. The van der Waals surface area contributed by atoms with Crippen LogP contribution in [-0.4, -0.2) is 177 Å². The van der Waals surface area contributed by atoms with Gasteiger partial charge in [-0.05, 0) is 213 Å². The standard InChI is InChI=1S/C36H44N6O4.C24H34BN3O4.C18H22BrN3O2.3HI.In.V/c1-35(2,3)45-33(43)41-19-7-9-29(41)31-37-21-27(39-31)25-15-11-23(12-16-25)24-13-17-26(18-14-24)28-22-38-32(40-28)30-10-8-20-42(30)34(44)46-36(4,5)6;1-22(2,3)30-21(29)28-14-8-9-19(28)20-26-15-18(27-20)16-10-12-17(13-11-16)25-31-23(4,5)24(6,7)32-25;1-18(2,3)24-17(23)22-10-4-5-15(22)16-20-11-14(21-16)12-6-8-13(19)9-7-12;;;;;/h11-18,21-22,29-30H,7-10,19-20H2,1-6H3,(H,37,39)(H,38,40);10-13,15,19H,8-9,14H2,1-7H3,(H,26,27);6-9,11,15H,4-5,10H2,1-3H3,(H,20,21);3*1H;;/q;;;;;;;+3/p-3/t29-,30-;19-;15-;;;;;/m000...../s1. The third-order valence-corrected chi connectivity index (χ3v) is 19.3. The van der Waals surface area contributed by atoms with Crippen molar-refractivity contribution in [1.82, 2.24) is 59.5 Å². The van der Waals surface area contributed by atoms with E-state index < -0.39 is 22.4 Å². The van der Waals surface area contributed by atoms with Gasteiger partial charge in [-0.25, -0.2) is 39.1 Å². The van der Waals surface area contributed by atoms with Gasteiger partial charge in [0.15, 0.2) is 0 Å². The van der Waals surface area contributed by atoms with Gasteiger partial charge in [0.05, 0.1) is 82.9 Å². The summed E-state index contributed by atoms with van der Waals surface area (Å²) in [5.41, 5.74) is 8.21. The number of hydrogen-bond donors (Lipinski definition) is 4. The van der Waals surface area contributed by atoms with Crippen LogP contribution in [0.1, 0.15) is 210 Å². The second kappa shape index (κ2) is 36.2. The largest absolute Gasteiger partial charge is 0 e. The zero-order chi connectivity index (χ0) is 76.8. The molecule has 5 fully saturated rings. The van der Waals surface area contributed by atoms with Crippen molar-refractivity contribution in [3.63, 3.8) is 0 Å². The first kappa shape index (κ1) is 85.9. The maximum atomic E-state index is 12.8. The summed E-state index contributed by atoms with van der Waals surface area (Å²) < 4.78 is 35.7. The smallest absolute Gasteiger partial charge is 0 e. The van der Waals surface area contributed by atoms with Crippen LogP contribution in [0.5, 0.6) is 0 Å². The van der Waals surface area contributed by atoms with Gasteiger partial charge in [-0.3, -0.25) is 19.6 Å². The van der Waals surface area contributed by atoms with Crippen LogP contribution in [0.25, 0.3) is 56.2 Å². The quantitative estimate of drug-likeness (QED) is 0.0565. The van der Waals surface area contributed by atoms with Gasteiger partial charge < -0.3 is 48.2 Å². The first-order valence-electron chi connectivity index (χ1n) is 36.2. The minimum Gasteiger partial charge on any atom is 0 e. The number of ether oxygens (including phenoxy) is 4. The number of rotatable bonds is 10. The molecule has 0 spiro atoms. The second-order valence-corrected chi connectivity index (χ2v) is 68.4. The summed E-state index contributed by atoms with van der Waals surface area (Å²) in [6.45, 7) is 33.5. The first-order valence-corrected chi connectivity index (χ1v) is 50.5. The Morgan fingerprint density at radius 2 is 0.636 bits per heavy atom. The van der Waals surface area contributed by atoms with E-state index in [0.29, 0.717) is 26.2 Å². The van der Waals surface area contributed by atoms with Crippen molar-refractivity contribution < 1.29 is 52.4 Å². The number of carbonyl (C=O) groups is 4. The van der Waals surface area contributed by atoms with Crippen LogP contribution >= 0.6 is 75.9 Å². The number of H-pyrrole nitrogens is 4. The van der Waals surface area contributed by atoms with Crippen LogP contribution in [0.4, 0.5) is 19.2 Å². The van der Waals surface area contributed by atoms with Gasteiger partial charge in [-0.15, -0.1) is 0 Å². The molecule has 0 unspecified atom stereocenters. The molecule has 5 saturated heterocycles. The maximum absolute atomic E-state index is 12.8.